The van der Waals surface area contributed by atoms with Gasteiger partial charge in [0, 0.05) is 43.9 Å². The minimum absolute atomic E-state index is 0.0626. The highest BCUT2D eigenvalue weighted by Crippen LogP contribution is 2.78. The van der Waals surface area contributed by atoms with Crippen molar-refractivity contribution in [1.29, 1.82) is 0 Å². The van der Waals surface area contributed by atoms with Gasteiger partial charge in [0.05, 0.1) is 0 Å². The smallest absolute Gasteiger partial charge is 0.226 e. The first-order chi connectivity index (χ1) is 22.9. The van der Waals surface area contributed by atoms with Crippen molar-refractivity contribution >= 4 is 11.7 Å². The number of likely N-dealkylation sites (N-methyl/N-ethyl adjacent to an activating group) is 1. The summed E-state index contributed by atoms with van der Waals surface area (Å²) >= 11 is 0. The second kappa shape index (κ2) is 11.9. The van der Waals surface area contributed by atoms with Crippen molar-refractivity contribution in [2.45, 2.75) is 146 Å². The Bertz CT molecular complexity index is 1340. The average molecular weight is 675 g/mol. The van der Waals surface area contributed by atoms with Crippen LogP contribution in [0.15, 0.2) is 12.2 Å². The van der Waals surface area contributed by atoms with E-state index in [0.717, 1.165) is 76.2 Å². The van der Waals surface area contributed by atoms with E-state index < -0.39 is 0 Å². The minimum atomic E-state index is -0.192. The quantitative estimate of drug-likeness (QED) is 0.263. The Hall–Kier alpha value is -1.16. The molecule has 276 valence electrons. The molecule has 1 saturated heterocycles. The third-order valence-electron chi connectivity index (χ3n) is 19.5. The molecule has 7 aliphatic rings. The molecule has 0 N–H and O–H groups in total. The minimum Gasteiger partial charge on any atom is -0.340 e. The molecule has 0 aromatic carbocycles. The van der Waals surface area contributed by atoms with Gasteiger partial charge in [-0.05, 0) is 153 Å². The molecule has 7 rings (SSSR count). The number of rotatable bonds is 6. The van der Waals surface area contributed by atoms with Gasteiger partial charge in [-0.2, -0.15) is 0 Å². The lowest BCUT2D eigenvalue weighted by Gasteiger charge is -2.73. The van der Waals surface area contributed by atoms with Gasteiger partial charge in [0.2, 0.25) is 5.91 Å². The number of carbonyl (C=O) groups is 2. The number of piperazine rings is 1. The first-order valence-corrected chi connectivity index (χ1v) is 21.1. The summed E-state index contributed by atoms with van der Waals surface area (Å²) in [5.74, 6) is 5.24. The molecule has 1 aliphatic heterocycles. The summed E-state index contributed by atoms with van der Waals surface area (Å²) in [6.45, 7) is 34.3. The largest absolute Gasteiger partial charge is 0.340 e. The van der Waals surface area contributed by atoms with Crippen LogP contribution in [0.4, 0.5) is 0 Å². The van der Waals surface area contributed by atoms with Crippen LogP contribution in [0.25, 0.3) is 0 Å². The third-order valence-corrected chi connectivity index (χ3v) is 19.5. The molecule has 4 nitrogen and oxygen atoms in total. The molecule has 6 aliphatic carbocycles. The van der Waals surface area contributed by atoms with E-state index in [4.69, 9.17) is 0 Å². The lowest BCUT2D eigenvalue weighted by atomic mass is 9.31. The normalized spacial score (nSPS) is 48.7. The van der Waals surface area contributed by atoms with Crippen molar-refractivity contribution in [3.8, 4) is 0 Å². The Labute approximate surface area is 301 Å². The summed E-state index contributed by atoms with van der Waals surface area (Å²) in [6, 6.07) is 0. The molecule has 4 heteroatoms. The first kappa shape index (κ1) is 36.2. The number of amides is 1. The fraction of sp³-hybridized carbons (Fsp3) is 0.911. The highest BCUT2D eigenvalue weighted by atomic mass is 16.2. The molecule has 49 heavy (non-hydrogen) atoms. The molecule has 0 radical (unpaired) electrons. The highest BCUT2D eigenvalue weighted by Gasteiger charge is 2.72. The second-order valence-corrected chi connectivity index (χ2v) is 21.3. The number of fused-ring (bicyclic) bond motifs is 7. The predicted molar refractivity (Wildman–Crippen MR) is 202 cm³/mol. The Morgan fingerprint density at radius 3 is 2.08 bits per heavy atom. The number of nitrogens with zero attached hydrogens (tertiary/aromatic N) is 2. The predicted octanol–water partition coefficient (Wildman–Crippen LogP) is 10.1. The summed E-state index contributed by atoms with van der Waals surface area (Å²) < 4.78 is 0. The molecule has 6 saturated carbocycles. The van der Waals surface area contributed by atoms with Gasteiger partial charge < -0.3 is 9.80 Å². The number of allylic oxidation sites excluding steroid dienone is 1. The maximum Gasteiger partial charge on any atom is 0.226 e. The molecule has 7 fully saturated rings. The monoisotopic (exact) mass is 675 g/mol. The SMILES string of the molecule is C=C(C)[C@@H]1CC[C@]2(C(=O)C[C@H]3C[C@@H](C(=O)N4CCN(CC)CC4)C3(C)C)CC[C@]3(C)[C@H](CC[C@@H]4[C@@]5(C)CC[C@H](C)C(C)(C)[C@@H]5CC[C@]43C)[C@@H]12. The van der Waals surface area contributed by atoms with Crippen LogP contribution in [0.2, 0.25) is 0 Å². The number of ketones is 1. The maximum absolute atomic E-state index is 15.1. The molecule has 12 atom stereocenters. The lowest BCUT2D eigenvalue weighted by Crippen LogP contribution is -2.66. The number of Topliss-reactive ketones (excluding diaryl/α,β-unsaturated/α-hetero) is 1. The highest BCUT2D eigenvalue weighted by molar-refractivity contribution is 5.87. The van der Waals surface area contributed by atoms with Crippen molar-refractivity contribution in [1.82, 2.24) is 9.80 Å². The van der Waals surface area contributed by atoms with E-state index in [2.05, 4.69) is 85.6 Å². The van der Waals surface area contributed by atoms with E-state index in [1.807, 2.05) is 0 Å². The van der Waals surface area contributed by atoms with Crippen LogP contribution in [0.1, 0.15) is 146 Å². The van der Waals surface area contributed by atoms with Gasteiger partial charge >= 0.3 is 0 Å². The zero-order chi connectivity index (χ0) is 35.5. The van der Waals surface area contributed by atoms with Crippen molar-refractivity contribution < 1.29 is 9.59 Å². The third kappa shape index (κ3) is 4.96. The Morgan fingerprint density at radius 1 is 0.755 bits per heavy atom. The van der Waals surface area contributed by atoms with E-state index in [0.29, 0.717) is 58.0 Å². The van der Waals surface area contributed by atoms with Gasteiger partial charge in [-0.15, -0.1) is 0 Å². The van der Waals surface area contributed by atoms with Gasteiger partial charge in [-0.25, -0.2) is 0 Å². The summed E-state index contributed by atoms with van der Waals surface area (Å²) in [7, 11) is 0. The Kier molecular flexibility index (Phi) is 8.81. The van der Waals surface area contributed by atoms with E-state index in [9.17, 15) is 4.79 Å². The molecule has 0 unspecified atom stereocenters. The molecule has 0 aromatic heterocycles. The first-order valence-electron chi connectivity index (χ1n) is 21.1. The molecule has 0 bridgehead atoms. The second-order valence-electron chi connectivity index (χ2n) is 21.3. The zero-order valence-corrected chi connectivity index (χ0v) is 33.6. The van der Waals surface area contributed by atoms with E-state index >= 15 is 4.79 Å². The van der Waals surface area contributed by atoms with Gasteiger partial charge in [0.15, 0.2) is 0 Å². The van der Waals surface area contributed by atoms with Crippen molar-refractivity contribution in [3.05, 3.63) is 12.2 Å². The Morgan fingerprint density at radius 2 is 1.45 bits per heavy atom. The van der Waals surface area contributed by atoms with Crippen molar-refractivity contribution in [3.63, 3.8) is 0 Å². The lowest BCUT2D eigenvalue weighted by molar-refractivity contribution is -0.240. The van der Waals surface area contributed by atoms with E-state index in [-0.39, 0.29) is 22.2 Å². The summed E-state index contributed by atoms with van der Waals surface area (Å²) in [6.07, 6.45) is 14.3. The van der Waals surface area contributed by atoms with Crippen LogP contribution < -0.4 is 0 Å². The van der Waals surface area contributed by atoms with Crippen LogP contribution in [-0.4, -0.2) is 54.2 Å². The van der Waals surface area contributed by atoms with Crippen molar-refractivity contribution in [2.75, 3.05) is 32.7 Å². The topological polar surface area (TPSA) is 40.6 Å². The van der Waals surface area contributed by atoms with Crippen LogP contribution in [0.5, 0.6) is 0 Å². The Balaban J connectivity index is 1.12. The number of hydrogen-bond acceptors (Lipinski definition) is 3. The van der Waals surface area contributed by atoms with Crippen molar-refractivity contribution in [2.24, 2.45) is 79.8 Å². The van der Waals surface area contributed by atoms with Gasteiger partial charge in [0.25, 0.3) is 0 Å². The molecular weight excluding hydrogens is 601 g/mol. The van der Waals surface area contributed by atoms with Crippen LogP contribution in [0, 0.1) is 79.8 Å². The molecular formula is C45H74N2O2. The summed E-state index contributed by atoms with van der Waals surface area (Å²) in [5, 5.41) is 0. The number of carbonyl (C=O) groups excluding carboxylic acids is 2. The van der Waals surface area contributed by atoms with Gasteiger partial charge in [0.1, 0.15) is 5.78 Å². The molecule has 1 amide bonds. The maximum atomic E-state index is 15.1. The molecule has 1 heterocycles. The standard InChI is InChI=1S/C45H74N2O2/c1-12-46-23-25-47(26-24-46)39(49)34-27-31(41(34,7)8)28-37(48)45-20-16-32(29(2)3)38(45)33-13-14-36-42(9)18-15-30(4)40(5,6)35(42)17-19-44(36,11)43(33,10)21-22-45/h30-36,38H,2,12-28H2,1,3-11H3/t30-,31+,32-,33+,34-,35-,36+,38+,42-,43+,44+,45+/m0/s1. The van der Waals surface area contributed by atoms with Gasteiger partial charge in [-0.3, -0.25) is 9.59 Å². The fourth-order valence-corrected chi connectivity index (χ4v) is 15.5. The van der Waals surface area contributed by atoms with E-state index in [1.165, 1.54) is 50.5 Å². The van der Waals surface area contributed by atoms with Crippen LogP contribution in [-0.2, 0) is 9.59 Å². The van der Waals surface area contributed by atoms with E-state index in [1.54, 1.807) is 0 Å². The molecule has 0 spiro atoms. The zero-order valence-electron chi connectivity index (χ0n) is 33.6. The number of hydrogen-bond donors (Lipinski definition) is 0. The van der Waals surface area contributed by atoms with Crippen LogP contribution in [0.3, 0.4) is 0 Å². The molecule has 0 aromatic rings. The van der Waals surface area contributed by atoms with Gasteiger partial charge in [-0.1, -0.05) is 74.5 Å². The summed E-state index contributed by atoms with van der Waals surface area (Å²) in [5.41, 5.74) is 2.48. The summed E-state index contributed by atoms with van der Waals surface area (Å²) in [4.78, 5) is 33.4. The fourth-order valence-electron chi connectivity index (χ4n) is 15.5. The van der Waals surface area contributed by atoms with Crippen LogP contribution >= 0.6 is 0 Å². The average Bonchev–Trinajstić information content (AvgIpc) is 3.46.